The summed E-state index contributed by atoms with van der Waals surface area (Å²) in [6.07, 6.45) is 10.2. The smallest absolute Gasteiger partial charge is 0.322 e. The number of likely N-dealkylation sites (tertiary alicyclic amines) is 2. The third-order valence-corrected chi connectivity index (χ3v) is 8.76. The molecule has 11 heteroatoms. The number of carbonyl (C=O) groups is 1. The number of likely N-dealkylation sites (N-methyl/N-ethyl adjacent to an activating group) is 2. The van der Waals surface area contributed by atoms with Crippen molar-refractivity contribution in [3.05, 3.63) is 53.9 Å². The minimum Gasteiger partial charge on any atom is -0.508 e. The highest BCUT2D eigenvalue weighted by atomic mass is 19.1. The lowest BCUT2D eigenvalue weighted by atomic mass is 9.95. The summed E-state index contributed by atoms with van der Waals surface area (Å²) in [6, 6.07) is 6.24. The number of nitrogens with zero attached hydrogens (tertiary/aromatic N) is 5. The number of ether oxygens (including phenoxy) is 3. The third kappa shape index (κ3) is 5.57. The van der Waals surface area contributed by atoms with Gasteiger partial charge in [-0.2, -0.15) is 9.97 Å². The second kappa shape index (κ2) is 12.2. The van der Waals surface area contributed by atoms with E-state index < -0.39 is 11.9 Å². The molecule has 3 aromatic rings. The van der Waals surface area contributed by atoms with Gasteiger partial charge in [0.1, 0.15) is 24.8 Å². The van der Waals surface area contributed by atoms with Crippen LogP contribution in [0.15, 0.2) is 36.9 Å². The molecule has 2 aromatic carbocycles. The van der Waals surface area contributed by atoms with Gasteiger partial charge in [0, 0.05) is 43.2 Å². The Balaban J connectivity index is 1.35. The van der Waals surface area contributed by atoms with Crippen LogP contribution in [0.4, 0.5) is 10.2 Å². The lowest BCUT2D eigenvalue weighted by molar-refractivity contribution is -0.126. The highest BCUT2D eigenvalue weighted by Gasteiger charge is 2.34. The number of anilines is 1. The number of halogens is 1. The molecule has 1 unspecified atom stereocenters. The van der Waals surface area contributed by atoms with E-state index in [0.717, 1.165) is 32.2 Å². The Morgan fingerprint density at radius 3 is 2.82 bits per heavy atom. The van der Waals surface area contributed by atoms with Crippen molar-refractivity contribution in [3.8, 4) is 35.7 Å². The number of aromatic nitrogens is 2. The van der Waals surface area contributed by atoms with Gasteiger partial charge in [-0.3, -0.25) is 4.79 Å². The average molecular weight is 602 g/mol. The highest BCUT2D eigenvalue weighted by molar-refractivity contribution is 5.93. The first-order valence-corrected chi connectivity index (χ1v) is 14.9. The Labute approximate surface area is 256 Å². The van der Waals surface area contributed by atoms with Crippen molar-refractivity contribution in [2.24, 2.45) is 0 Å². The zero-order chi connectivity index (χ0) is 31.0. The number of hydrogen-bond donors (Lipinski definition) is 1. The van der Waals surface area contributed by atoms with E-state index in [1.54, 1.807) is 6.07 Å². The monoisotopic (exact) mass is 601 g/mol. The molecular formula is C33H36FN5O5. The number of phenols is 1. The molecule has 2 saturated heterocycles. The molecule has 4 heterocycles. The molecule has 3 aliphatic rings. The zero-order valence-electron chi connectivity index (χ0n) is 25.0. The lowest BCUT2D eigenvalue weighted by Gasteiger charge is -2.32. The van der Waals surface area contributed by atoms with Crippen molar-refractivity contribution in [3.63, 3.8) is 0 Å². The van der Waals surface area contributed by atoms with E-state index in [1.807, 2.05) is 16.8 Å². The quantitative estimate of drug-likeness (QED) is 0.303. The van der Waals surface area contributed by atoms with Gasteiger partial charge >= 0.3 is 6.01 Å². The number of carbonyl (C=O) groups excluding carboxylic acids is 1. The van der Waals surface area contributed by atoms with Crippen LogP contribution in [0.3, 0.4) is 0 Å². The standard InChI is InChI=1S/C33H36FN5O5/c1-5-24-26(34)12-11-20-15-23(40)16-25(29(20)24)27-19-42-30-31(38(4)17-21-9-8-14-39(21)28(41)6-2)35-33(36-32(30)44-27)43-18-22-10-7-13-37(22)3/h1,6,11-12,15-16,21-22,27,40H,2,7-10,13-14,17-19H2,3-4H3/t21-,22-,27?/m0/s1. The van der Waals surface area contributed by atoms with Gasteiger partial charge in [0.05, 0.1) is 5.56 Å². The van der Waals surface area contributed by atoms with Gasteiger partial charge in [0.2, 0.25) is 11.7 Å². The van der Waals surface area contributed by atoms with Crippen molar-refractivity contribution in [2.75, 3.05) is 51.8 Å². The van der Waals surface area contributed by atoms with Gasteiger partial charge in [-0.05, 0) is 68.9 Å². The molecule has 0 bridgehead atoms. The minimum atomic E-state index is -0.761. The van der Waals surface area contributed by atoms with Crippen LogP contribution in [-0.2, 0) is 4.79 Å². The maximum Gasteiger partial charge on any atom is 0.322 e. The summed E-state index contributed by atoms with van der Waals surface area (Å²) >= 11 is 0. The van der Waals surface area contributed by atoms with Gasteiger partial charge in [-0.25, -0.2) is 4.39 Å². The summed E-state index contributed by atoms with van der Waals surface area (Å²) in [5, 5.41) is 11.5. The number of amides is 1. The Hall–Kier alpha value is -4.56. The van der Waals surface area contributed by atoms with E-state index in [-0.39, 0.29) is 47.8 Å². The minimum absolute atomic E-state index is 0.0144. The molecule has 1 amide bonds. The number of rotatable bonds is 8. The molecule has 230 valence electrons. The van der Waals surface area contributed by atoms with Crippen LogP contribution in [0, 0.1) is 18.2 Å². The molecule has 0 radical (unpaired) electrons. The Kier molecular flexibility index (Phi) is 8.19. The predicted octanol–water partition coefficient (Wildman–Crippen LogP) is 4.05. The van der Waals surface area contributed by atoms with Gasteiger partial charge in [-0.15, -0.1) is 6.42 Å². The third-order valence-electron chi connectivity index (χ3n) is 8.76. The maximum atomic E-state index is 14.8. The molecule has 1 aromatic heterocycles. The Morgan fingerprint density at radius 2 is 2.07 bits per heavy atom. The summed E-state index contributed by atoms with van der Waals surface area (Å²) in [5.41, 5.74) is 0.557. The molecule has 0 aliphatic carbocycles. The molecule has 3 atom stereocenters. The van der Waals surface area contributed by atoms with E-state index in [1.165, 1.54) is 24.3 Å². The van der Waals surface area contributed by atoms with Crippen LogP contribution in [0.25, 0.3) is 10.8 Å². The molecule has 0 spiro atoms. The van der Waals surface area contributed by atoms with Gasteiger partial charge < -0.3 is 34.0 Å². The molecule has 44 heavy (non-hydrogen) atoms. The van der Waals surface area contributed by atoms with Crippen LogP contribution in [0.5, 0.6) is 23.4 Å². The van der Waals surface area contributed by atoms with E-state index in [4.69, 9.17) is 25.6 Å². The first-order valence-electron chi connectivity index (χ1n) is 14.9. The molecule has 3 aliphatic heterocycles. The lowest BCUT2D eigenvalue weighted by Crippen LogP contribution is -2.42. The molecule has 2 fully saturated rings. The molecule has 1 N–H and O–H groups in total. The fraction of sp³-hybridized carbons (Fsp3) is 0.424. The maximum absolute atomic E-state index is 14.8. The first kappa shape index (κ1) is 29.5. The fourth-order valence-electron chi connectivity index (χ4n) is 6.46. The van der Waals surface area contributed by atoms with Crippen LogP contribution in [0.2, 0.25) is 0 Å². The van der Waals surface area contributed by atoms with Crippen LogP contribution >= 0.6 is 0 Å². The van der Waals surface area contributed by atoms with Gasteiger partial charge in [0.15, 0.2) is 11.9 Å². The highest BCUT2D eigenvalue weighted by Crippen LogP contribution is 2.44. The first-order chi connectivity index (χ1) is 21.3. The van der Waals surface area contributed by atoms with Crippen molar-refractivity contribution in [1.29, 1.82) is 0 Å². The van der Waals surface area contributed by atoms with E-state index >= 15 is 0 Å². The van der Waals surface area contributed by atoms with Crippen molar-refractivity contribution in [2.45, 2.75) is 43.9 Å². The van der Waals surface area contributed by atoms with Crippen molar-refractivity contribution >= 4 is 22.5 Å². The number of hydrogen-bond acceptors (Lipinski definition) is 9. The largest absolute Gasteiger partial charge is 0.508 e. The molecule has 6 rings (SSSR count). The topological polar surface area (TPSA) is 100 Å². The van der Waals surface area contributed by atoms with Crippen LogP contribution < -0.4 is 19.1 Å². The Morgan fingerprint density at radius 1 is 1.27 bits per heavy atom. The van der Waals surface area contributed by atoms with E-state index in [9.17, 15) is 14.3 Å². The number of benzene rings is 2. The number of phenolic OH excluding ortho intramolecular Hbond substituents is 1. The number of fused-ring (bicyclic) bond motifs is 2. The second-order valence-electron chi connectivity index (χ2n) is 11.6. The van der Waals surface area contributed by atoms with Crippen molar-refractivity contribution < 1.29 is 28.5 Å². The van der Waals surface area contributed by atoms with Crippen LogP contribution in [0.1, 0.15) is 42.9 Å². The average Bonchev–Trinajstić information content (AvgIpc) is 3.66. The SMILES string of the molecule is C#Cc1c(F)ccc2cc(O)cc(C3COc4c(nc(OC[C@@H]5CCCN5C)nc4N(C)C[C@@H]4CCCN4C(=O)C=C)O3)c12. The van der Waals surface area contributed by atoms with Gasteiger partial charge in [-0.1, -0.05) is 18.6 Å². The fourth-order valence-corrected chi connectivity index (χ4v) is 6.46. The van der Waals surface area contributed by atoms with Crippen LogP contribution in [-0.4, -0.2) is 89.8 Å². The molecule has 0 saturated carbocycles. The summed E-state index contributed by atoms with van der Waals surface area (Å²) < 4.78 is 33.6. The van der Waals surface area contributed by atoms with Crippen molar-refractivity contribution in [1.82, 2.24) is 19.8 Å². The zero-order valence-corrected chi connectivity index (χ0v) is 25.0. The summed E-state index contributed by atoms with van der Waals surface area (Å²) in [6.45, 7) is 6.28. The summed E-state index contributed by atoms with van der Waals surface area (Å²) in [4.78, 5) is 27.8. The number of aromatic hydroxyl groups is 1. The van der Waals surface area contributed by atoms with Gasteiger partial charge in [0.25, 0.3) is 5.88 Å². The normalized spacial score (nSPS) is 21.3. The second-order valence-corrected chi connectivity index (χ2v) is 11.6. The van der Waals surface area contributed by atoms with E-state index in [0.29, 0.717) is 47.6 Å². The molecule has 10 nitrogen and oxygen atoms in total. The predicted molar refractivity (Wildman–Crippen MR) is 164 cm³/mol. The summed E-state index contributed by atoms with van der Waals surface area (Å²) in [5.74, 6) is 2.75. The molecular weight excluding hydrogens is 565 g/mol. The summed E-state index contributed by atoms with van der Waals surface area (Å²) in [7, 11) is 3.95. The van der Waals surface area contributed by atoms with E-state index in [2.05, 4.69) is 29.4 Å². The number of terminal acetylenes is 1. The Bertz CT molecular complexity index is 1640.